The number of benzene rings is 2. The van der Waals surface area contributed by atoms with E-state index in [1.165, 1.54) is 12.1 Å². The minimum absolute atomic E-state index is 0.275. The highest BCUT2D eigenvalue weighted by atomic mass is 19.1. The van der Waals surface area contributed by atoms with E-state index in [9.17, 15) is 9.18 Å². The summed E-state index contributed by atoms with van der Waals surface area (Å²) in [5, 5.41) is 0.644. The zero-order valence-electron chi connectivity index (χ0n) is 12.6. The van der Waals surface area contributed by atoms with Gasteiger partial charge in [0.05, 0.1) is 12.1 Å². The minimum atomic E-state index is -0.474. The molecule has 3 aromatic rings. The van der Waals surface area contributed by atoms with Crippen molar-refractivity contribution < 1.29 is 18.7 Å². The second kappa shape index (κ2) is 6.52. The van der Waals surface area contributed by atoms with E-state index in [1.807, 2.05) is 30.3 Å². The van der Waals surface area contributed by atoms with Gasteiger partial charge in [-0.3, -0.25) is 0 Å². The highest BCUT2D eigenvalue weighted by Crippen LogP contribution is 2.29. The predicted molar refractivity (Wildman–Crippen MR) is 85.0 cm³/mol. The molecule has 0 radical (unpaired) electrons. The molecule has 23 heavy (non-hydrogen) atoms. The van der Waals surface area contributed by atoms with Crippen LogP contribution in [0.25, 0.3) is 10.9 Å². The van der Waals surface area contributed by atoms with Crippen LogP contribution >= 0.6 is 0 Å². The van der Waals surface area contributed by atoms with Crippen molar-refractivity contribution in [2.24, 2.45) is 0 Å². The number of aromatic amines is 1. The molecule has 1 aromatic heterocycles. The van der Waals surface area contributed by atoms with Crippen molar-refractivity contribution in [1.82, 2.24) is 4.98 Å². The standard InChI is InChI=1S/C18H16FNO3/c1-2-22-18(21)16-10-14-15(20-16)8-13(19)9-17(14)23-11-12-6-4-3-5-7-12/h3-10,20H,2,11H2,1H3. The minimum Gasteiger partial charge on any atom is -0.488 e. The summed E-state index contributed by atoms with van der Waals surface area (Å²) in [6.07, 6.45) is 0. The summed E-state index contributed by atoms with van der Waals surface area (Å²) >= 11 is 0. The Morgan fingerprint density at radius 3 is 2.70 bits per heavy atom. The first-order valence-electron chi connectivity index (χ1n) is 7.33. The van der Waals surface area contributed by atoms with Crippen LogP contribution in [0.15, 0.2) is 48.5 Å². The molecule has 0 saturated carbocycles. The lowest BCUT2D eigenvalue weighted by atomic mass is 10.2. The van der Waals surface area contributed by atoms with Crippen molar-refractivity contribution in [3.05, 3.63) is 65.6 Å². The van der Waals surface area contributed by atoms with Gasteiger partial charge in [0.25, 0.3) is 0 Å². The van der Waals surface area contributed by atoms with Crippen LogP contribution in [0, 0.1) is 5.82 Å². The Morgan fingerprint density at radius 1 is 1.17 bits per heavy atom. The molecule has 0 aliphatic rings. The van der Waals surface area contributed by atoms with Gasteiger partial charge in [-0.2, -0.15) is 0 Å². The summed E-state index contributed by atoms with van der Waals surface area (Å²) in [6, 6.07) is 13.9. The molecule has 0 unspecified atom stereocenters. The van der Waals surface area contributed by atoms with Crippen LogP contribution in [-0.2, 0) is 11.3 Å². The van der Waals surface area contributed by atoms with Gasteiger partial charge in [-0.1, -0.05) is 30.3 Å². The van der Waals surface area contributed by atoms with Crippen molar-refractivity contribution in [1.29, 1.82) is 0 Å². The van der Waals surface area contributed by atoms with Gasteiger partial charge in [0.15, 0.2) is 0 Å². The highest BCUT2D eigenvalue weighted by Gasteiger charge is 2.14. The number of hydrogen-bond donors (Lipinski definition) is 1. The maximum Gasteiger partial charge on any atom is 0.354 e. The van der Waals surface area contributed by atoms with Gasteiger partial charge in [0.2, 0.25) is 0 Å². The van der Waals surface area contributed by atoms with Crippen molar-refractivity contribution in [3.8, 4) is 5.75 Å². The Balaban J connectivity index is 1.91. The summed E-state index contributed by atoms with van der Waals surface area (Å²) in [5.74, 6) is -0.522. The maximum atomic E-state index is 13.8. The first-order chi connectivity index (χ1) is 11.2. The Hall–Kier alpha value is -2.82. The van der Waals surface area contributed by atoms with Gasteiger partial charge in [-0.05, 0) is 24.6 Å². The molecule has 3 rings (SSSR count). The van der Waals surface area contributed by atoms with E-state index in [4.69, 9.17) is 9.47 Å². The van der Waals surface area contributed by atoms with Crippen LogP contribution in [0.2, 0.25) is 0 Å². The molecule has 118 valence electrons. The van der Waals surface area contributed by atoms with Crippen molar-refractivity contribution in [2.75, 3.05) is 6.61 Å². The van der Waals surface area contributed by atoms with Gasteiger partial charge in [0.1, 0.15) is 23.9 Å². The van der Waals surface area contributed by atoms with Crippen LogP contribution in [-0.4, -0.2) is 17.6 Å². The first-order valence-corrected chi connectivity index (χ1v) is 7.33. The predicted octanol–water partition coefficient (Wildman–Crippen LogP) is 4.06. The summed E-state index contributed by atoms with van der Waals surface area (Å²) in [4.78, 5) is 14.7. The summed E-state index contributed by atoms with van der Waals surface area (Å²) in [6.45, 7) is 2.33. The van der Waals surface area contributed by atoms with Gasteiger partial charge < -0.3 is 14.5 Å². The fraction of sp³-hybridized carbons (Fsp3) is 0.167. The monoisotopic (exact) mass is 313 g/mol. The molecule has 0 spiro atoms. The second-order valence-electron chi connectivity index (χ2n) is 5.04. The number of esters is 1. The highest BCUT2D eigenvalue weighted by molar-refractivity contribution is 5.97. The van der Waals surface area contributed by atoms with E-state index in [1.54, 1.807) is 13.0 Å². The number of ether oxygens (including phenoxy) is 2. The lowest BCUT2D eigenvalue weighted by Crippen LogP contribution is -2.04. The van der Waals surface area contributed by atoms with E-state index < -0.39 is 11.8 Å². The molecule has 0 aliphatic heterocycles. The number of halogens is 1. The normalized spacial score (nSPS) is 10.7. The number of hydrogen-bond acceptors (Lipinski definition) is 3. The lowest BCUT2D eigenvalue weighted by molar-refractivity contribution is 0.0520. The molecule has 4 nitrogen and oxygen atoms in total. The van der Waals surface area contributed by atoms with Gasteiger partial charge >= 0.3 is 5.97 Å². The Kier molecular flexibility index (Phi) is 4.28. The number of nitrogens with one attached hydrogen (secondary N) is 1. The summed E-state index contributed by atoms with van der Waals surface area (Å²) in [5.41, 5.74) is 1.75. The average molecular weight is 313 g/mol. The molecular weight excluding hydrogens is 297 g/mol. The number of aromatic nitrogens is 1. The second-order valence-corrected chi connectivity index (χ2v) is 5.04. The number of rotatable bonds is 5. The molecule has 1 heterocycles. The van der Waals surface area contributed by atoms with Gasteiger partial charge in [0, 0.05) is 11.5 Å². The number of carbonyl (C=O) groups excluding carboxylic acids is 1. The molecule has 0 saturated heterocycles. The van der Waals surface area contributed by atoms with Crippen LogP contribution in [0.4, 0.5) is 4.39 Å². The fourth-order valence-electron chi connectivity index (χ4n) is 2.34. The Labute approximate surface area is 132 Å². The first kappa shape index (κ1) is 15.1. The van der Waals surface area contributed by atoms with E-state index in [2.05, 4.69) is 4.98 Å². The zero-order chi connectivity index (χ0) is 16.2. The maximum absolute atomic E-state index is 13.8. The zero-order valence-corrected chi connectivity index (χ0v) is 12.6. The molecule has 0 amide bonds. The SMILES string of the molecule is CCOC(=O)c1cc2c(OCc3ccccc3)cc(F)cc2[nH]1. The van der Waals surface area contributed by atoms with E-state index in [0.717, 1.165) is 5.56 Å². The van der Waals surface area contributed by atoms with E-state index >= 15 is 0 Å². The summed E-state index contributed by atoms with van der Waals surface area (Å²) in [7, 11) is 0. The molecule has 0 aliphatic carbocycles. The third-order valence-electron chi connectivity index (χ3n) is 3.40. The third-order valence-corrected chi connectivity index (χ3v) is 3.40. The molecule has 2 aromatic carbocycles. The van der Waals surface area contributed by atoms with Crippen molar-refractivity contribution in [2.45, 2.75) is 13.5 Å². The van der Waals surface area contributed by atoms with Gasteiger partial charge in [-0.15, -0.1) is 0 Å². The summed E-state index contributed by atoms with van der Waals surface area (Å²) < 4.78 is 24.4. The topological polar surface area (TPSA) is 51.3 Å². The molecule has 1 N–H and O–H groups in total. The molecule has 0 bridgehead atoms. The van der Waals surface area contributed by atoms with E-state index in [-0.39, 0.29) is 12.3 Å². The van der Waals surface area contributed by atoms with Crippen LogP contribution in [0.1, 0.15) is 23.0 Å². The molecular formula is C18H16FNO3. The number of fused-ring (bicyclic) bond motifs is 1. The third kappa shape index (κ3) is 3.34. The number of carbonyl (C=O) groups is 1. The largest absolute Gasteiger partial charge is 0.488 e. The number of H-pyrrole nitrogens is 1. The van der Waals surface area contributed by atoms with E-state index in [0.29, 0.717) is 23.3 Å². The van der Waals surface area contributed by atoms with Crippen LogP contribution < -0.4 is 4.74 Å². The van der Waals surface area contributed by atoms with Crippen molar-refractivity contribution in [3.63, 3.8) is 0 Å². The Bertz CT molecular complexity index is 827. The molecule has 5 heteroatoms. The van der Waals surface area contributed by atoms with Crippen molar-refractivity contribution >= 4 is 16.9 Å². The molecule has 0 atom stereocenters. The van der Waals surface area contributed by atoms with Gasteiger partial charge in [-0.25, -0.2) is 9.18 Å². The fourth-order valence-corrected chi connectivity index (χ4v) is 2.34. The average Bonchev–Trinajstić information content (AvgIpc) is 2.98. The lowest BCUT2D eigenvalue weighted by Gasteiger charge is -2.07. The smallest absolute Gasteiger partial charge is 0.354 e. The van der Waals surface area contributed by atoms with Crippen LogP contribution in [0.3, 0.4) is 0 Å². The quantitative estimate of drug-likeness (QED) is 0.723. The Morgan fingerprint density at radius 2 is 1.96 bits per heavy atom. The molecule has 0 fully saturated rings. The van der Waals surface area contributed by atoms with Crippen LogP contribution in [0.5, 0.6) is 5.75 Å².